The molecular weight excluding hydrogens is 268 g/mol. The average molecular weight is 286 g/mol. The number of fused-ring (bicyclic) bond motifs is 1. The zero-order chi connectivity index (χ0) is 14.9. The highest BCUT2D eigenvalue weighted by Gasteiger charge is 2.42. The van der Waals surface area contributed by atoms with Crippen LogP contribution in [0.4, 0.5) is 5.69 Å². The Hall–Kier alpha value is -2.43. The quantitative estimate of drug-likeness (QED) is 0.910. The molecule has 0 aliphatic carbocycles. The van der Waals surface area contributed by atoms with Crippen LogP contribution in [0.5, 0.6) is 5.75 Å². The van der Waals surface area contributed by atoms with Gasteiger partial charge in [0.1, 0.15) is 17.0 Å². The van der Waals surface area contributed by atoms with Gasteiger partial charge in [-0.25, -0.2) is 0 Å². The predicted octanol–water partition coefficient (Wildman–Crippen LogP) is 2.48. The van der Waals surface area contributed by atoms with E-state index in [-0.39, 0.29) is 5.91 Å². The van der Waals surface area contributed by atoms with Crippen LogP contribution in [-0.2, 0) is 10.3 Å². The van der Waals surface area contributed by atoms with Crippen molar-refractivity contribution in [2.24, 2.45) is 0 Å². The van der Waals surface area contributed by atoms with Gasteiger partial charge in [-0.2, -0.15) is 0 Å². The van der Waals surface area contributed by atoms with E-state index in [1.54, 1.807) is 13.4 Å². The molecule has 1 amide bonds. The monoisotopic (exact) mass is 286 g/mol. The second kappa shape index (κ2) is 5.16. The molecule has 1 aromatic carbocycles. The summed E-state index contributed by atoms with van der Waals surface area (Å²) in [7, 11) is 1.63. The Morgan fingerprint density at radius 2 is 2.29 bits per heavy atom. The molecule has 0 saturated heterocycles. The number of anilines is 1. The molecule has 1 unspecified atom stereocenters. The lowest BCUT2D eigenvalue weighted by atomic mass is 9.80. The van der Waals surface area contributed by atoms with E-state index in [4.69, 9.17) is 9.15 Å². The van der Waals surface area contributed by atoms with Crippen LogP contribution in [0.15, 0.2) is 41.0 Å². The Morgan fingerprint density at radius 1 is 1.43 bits per heavy atom. The molecular formula is C16H18N2O3. The van der Waals surface area contributed by atoms with Crippen molar-refractivity contribution in [1.29, 1.82) is 0 Å². The maximum Gasteiger partial charge on any atom is 0.217 e. The Bertz CT molecular complexity index is 652. The molecule has 0 saturated carbocycles. The van der Waals surface area contributed by atoms with Gasteiger partial charge in [0.2, 0.25) is 5.91 Å². The van der Waals surface area contributed by atoms with E-state index in [1.165, 1.54) is 6.92 Å². The smallest absolute Gasteiger partial charge is 0.217 e. The van der Waals surface area contributed by atoms with Gasteiger partial charge < -0.3 is 19.8 Å². The first-order valence-corrected chi connectivity index (χ1v) is 6.91. The summed E-state index contributed by atoms with van der Waals surface area (Å²) >= 11 is 0. The number of carbonyl (C=O) groups excluding carboxylic acids is 1. The minimum atomic E-state index is -0.662. The fourth-order valence-electron chi connectivity index (χ4n) is 2.95. The number of rotatable bonds is 3. The predicted molar refractivity (Wildman–Crippen MR) is 79.4 cm³/mol. The number of benzene rings is 1. The molecule has 2 aromatic rings. The van der Waals surface area contributed by atoms with Crippen LogP contribution in [-0.4, -0.2) is 19.6 Å². The first-order valence-electron chi connectivity index (χ1n) is 6.91. The van der Waals surface area contributed by atoms with Gasteiger partial charge in [0.25, 0.3) is 0 Å². The molecule has 5 nitrogen and oxygen atoms in total. The summed E-state index contributed by atoms with van der Waals surface area (Å²) in [6, 6.07) is 9.54. The van der Waals surface area contributed by atoms with Crippen LogP contribution in [0.1, 0.15) is 24.7 Å². The lowest BCUT2D eigenvalue weighted by Gasteiger charge is -2.38. The van der Waals surface area contributed by atoms with Crippen LogP contribution in [0.25, 0.3) is 0 Å². The second-order valence-corrected chi connectivity index (χ2v) is 5.15. The van der Waals surface area contributed by atoms with Gasteiger partial charge in [-0.3, -0.25) is 4.79 Å². The number of carbonyl (C=O) groups is 1. The maximum absolute atomic E-state index is 11.8. The molecule has 1 atom stereocenters. The highest BCUT2D eigenvalue weighted by molar-refractivity contribution is 5.76. The molecule has 2 N–H and O–H groups in total. The van der Waals surface area contributed by atoms with Crippen LogP contribution in [0.3, 0.4) is 0 Å². The van der Waals surface area contributed by atoms with Gasteiger partial charge in [0, 0.05) is 24.7 Å². The summed E-state index contributed by atoms with van der Waals surface area (Å²) < 4.78 is 10.9. The minimum absolute atomic E-state index is 0.0953. The first kappa shape index (κ1) is 13.5. The highest BCUT2D eigenvalue weighted by Crippen LogP contribution is 2.42. The molecule has 0 radical (unpaired) electrons. The molecule has 1 aliphatic heterocycles. The Balaban J connectivity index is 2.20. The van der Waals surface area contributed by atoms with Crippen LogP contribution >= 0.6 is 0 Å². The van der Waals surface area contributed by atoms with Crippen LogP contribution in [0, 0.1) is 0 Å². The van der Waals surface area contributed by atoms with Crippen LogP contribution in [0.2, 0.25) is 0 Å². The van der Waals surface area contributed by atoms with Gasteiger partial charge >= 0.3 is 0 Å². The lowest BCUT2D eigenvalue weighted by molar-refractivity contribution is -0.120. The van der Waals surface area contributed by atoms with Gasteiger partial charge in [-0.15, -0.1) is 0 Å². The topological polar surface area (TPSA) is 63.5 Å². The average Bonchev–Trinajstić information content (AvgIpc) is 3.01. The van der Waals surface area contributed by atoms with Crippen molar-refractivity contribution < 1.29 is 13.9 Å². The molecule has 0 fully saturated rings. The first-order chi connectivity index (χ1) is 10.2. The number of ether oxygens (including phenoxy) is 1. The lowest BCUT2D eigenvalue weighted by Crippen LogP contribution is -2.49. The molecule has 5 heteroatoms. The number of furan rings is 1. The molecule has 3 rings (SSSR count). The Morgan fingerprint density at radius 3 is 2.95 bits per heavy atom. The molecule has 1 aromatic heterocycles. The van der Waals surface area contributed by atoms with Crippen molar-refractivity contribution in [3.05, 3.63) is 47.9 Å². The minimum Gasteiger partial charge on any atom is -0.497 e. The molecule has 0 spiro atoms. The summed E-state index contributed by atoms with van der Waals surface area (Å²) in [5.74, 6) is 1.38. The third kappa shape index (κ3) is 2.24. The number of amides is 1. The van der Waals surface area contributed by atoms with E-state index >= 15 is 0 Å². The largest absolute Gasteiger partial charge is 0.497 e. The summed E-state index contributed by atoms with van der Waals surface area (Å²) in [5, 5.41) is 6.43. The van der Waals surface area contributed by atoms with Gasteiger partial charge in [-0.1, -0.05) is 0 Å². The zero-order valence-corrected chi connectivity index (χ0v) is 12.1. The number of hydrogen-bond donors (Lipinski definition) is 2. The zero-order valence-electron chi connectivity index (χ0n) is 12.1. The number of nitrogens with one attached hydrogen (secondary N) is 2. The van der Waals surface area contributed by atoms with Gasteiger partial charge in [-0.05, 0) is 36.8 Å². The normalized spacial score (nSPS) is 20.3. The van der Waals surface area contributed by atoms with E-state index in [9.17, 15) is 4.79 Å². The molecule has 1 aliphatic rings. The second-order valence-electron chi connectivity index (χ2n) is 5.15. The fourth-order valence-corrected chi connectivity index (χ4v) is 2.95. The van der Waals surface area contributed by atoms with Crippen molar-refractivity contribution in [3.63, 3.8) is 0 Å². The van der Waals surface area contributed by atoms with Crippen molar-refractivity contribution >= 4 is 11.6 Å². The van der Waals surface area contributed by atoms with Crippen molar-refractivity contribution in [1.82, 2.24) is 5.32 Å². The summed E-state index contributed by atoms with van der Waals surface area (Å²) in [6.45, 7) is 2.27. The van der Waals surface area contributed by atoms with Crippen molar-refractivity contribution in [2.75, 3.05) is 19.0 Å². The Labute approximate surface area is 123 Å². The summed E-state index contributed by atoms with van der Waals surface area (Å²) in [6.07, 6.45) is 2.33. The van der Waals surface area contributed by atoms with Gasteiger partial charge in [0.05, 0.1) is 13.4 Å². The third-order valence-electron chi connectivity index (χ3n) is 3.83. The fraction of sp³-hybridized carbons (Fsp3) is 0.312. The van der Waals surface area contributed by atoms with E-state index in [0.29, 0.717) is 6.42 Å². The molecule has 110 valence electrons. The van der Waals surface area contributed by atoms with Gasteiger partial charge in [0.15, 0.2) is 0 Å². The standard InChI is InChI=1S/C16H18N2O3/c1-11(19)18-16(15-4-3-9-21-15)7-8-17-14-6-5-12(20-2)10-13(14)16/h3-6,9-10,17H,7-8H2,1-2H3,(H,18,19). The van der Waals surface area contributed by atoms with Crippen molar-refractivity contribution in [2.45, 2.75) is 18.9 Å². The van der Waals surface area contributed by atoms with E-state index in [2.05, 4.69) is 10.6 Å². The summed E-state index contributed by atoms with van der Waals surface area (Å²) in [5.41, 5.74) is 1.27. The maximum atomic E-state index is 11.8. The number of hydrogen-bond acceptors (Lipinski definition) is 4. The highest BCUT2D eigenvalue weighted by atomic mass is 16.5. The molecule has 21 heavy (non-hydrogen) atoms. The Kier molecular flexibility index (Phi) is 3.33. The van der Waals surface area contributed by atoms with E-state index in [0.717, 1.165) is 29.3 Å². The molecule has 0 bridgehead atoms. The molecule has 2 heterocycles. The van der Waals surface area contributed by atoms with Crippen molar-refractivity contribution in [3.8, 4) is 5.75 Å². The summed E-state index contributed by atoms with van der Waals surface area (Å²) in [4.78, 5) is 11.8. The third-order valence-corrected chi connectivity index (χ3v) is 3.83. The van der Waals surface area contributed by atoms with E-state index in [1.807, 2.05) is 30.3 Å². The van der Waals surface area contributed by atoms with Crippen LogP contribution < -0.4 is 15.4 Å². The number of methoxy groups -OCH3 is 1. The SMILES string of the molecule is COc1ccc2c(c1)C(NC(C)=O)(c1ccco1)CCN2. The van der Waals surface area contributed by atoms with E-state index < -0.39 is 5.54 Å².